The van der Waals surface area contributed by atoms with Crippen molar-refractivity contribution in [1.29, 1.82) is 0 Å². The van der Waals surface area contributed by atoms with Gasteiger partial charge in [-0.1, -0.05) is 13.8 Å². The number of nitrogens with zero attached hydrogens (tertiary/aromatic N) is 3. The fourth-order valence-corrected chi connectivity index (χ4v) is 4.01. The monoisotopic (exact) mass is 375 g/mol. The Balaban J connectivity index is 1.60. The summed E-state index contributed by atoms with van der Waals surface area (Å²) in [5, 5.41) is 9.66. The van der Waals surface area contributed by atoms with Crippen LogP contribution in [0, 0.1) is 19.8 Å². The van der Waals surface area contributed by atoms with Gasteiger partial charge in [-0.25, -0.2) is 4.79 Å². The number of likely N-dealkylation sites (tertiary alicyclic amines) is 1. The Bertz CT molecular complexity index is 747. The van der Waals surface area contributed by atoms with Crippen LogP contribution >= 0.6 is 0 Å². The van der Waals surface area contributed by atoms with E-state index in [0.717, 1.165) is 17.0 Å². The normalized spacial score (nSPS) is 19.3. The third kappa shape index (κ3) is 3.57. The zero-order valence-electron chi connectivity index (χ0n) is 16.6. The molecular formula is C19H29N5O3. The van der Waals surface area contributed by atoms with Gasteiger partial charge in [-0.05, 0) is 38.2 Å². The van der Waals surface area contributed by atoms with Gasteiger partial charge in [0.25, 0.3) is 5.91 Å². The molecule has 148 valence electrons. The summed E-state index contributed by atoms with van der Waals surface area (Å²) in [4.78, 5) is 40.8. The maximum Gasteiger partial charge on any atom is 0.325 e. The predicted octanol–water partition coefficient (Wildman–Crippen LogP) is 1.53. The number of H-pyrrole nitrogens is 1. The Hall–Kier alpha value is -2.38. The zero-order valence-corrected chi connectivity index (χ0v) is 16.6. The van der Waals surface area contributed by atoms with Crippen LogP contribution in [0.5, 0.6) is 0 Å². The van der Waals surface area contributed by atoms with Crippen LogP contribution in [0.2, 0.25) is 0 Å². The molecule has 0 unspecified atom stereocenters. The van der Waals surface area contributed by atoms with Gasteiger partial charge in [0.15, 0.2) is 0 Å². The van der Waals surface area contributed by atoms with Crippen LogP contribution in [0.1, 0.15) is 50.1 Å². The van der Waals surface area contributed by atoms with E-state index in [1.54, 1.807) is 4.90 Å². The Morgan fingerprint density at radius 1 is 1.22 bits per heavy atom. The molecule has 3 heterocycles. The highest BCUT2D eigenvalue weighted by Crippen LogP contribution is 2.34. The number of carbonyl (C=O) groups is 3. The van der Waals surface area contributed by atoms with Gasteiger partial charge in [0, 0.05) is 38.2 Å². The highest BCUT2D eigenvalue weighted by Gasteiger charge is 2.54. The summed E-state index contributed by atoms with van der Waals surface area (Å²) < 4.78 is 0. The second-order valence-corrected chi connectivity index (χ2v) is 8.10. The molecule has 2 aliphatic rings. The molecule has 0 saturated carbocycles. The molecule has 8 heteroatoms. The van der Waals surface area contributed by atoms with Gasteiger partial charge >= 0.3 is 6.03 Å². The van der Waals surface area contributed by atoms with Crippen LogP contribution in [-0.2, 0) is 16.0 Å². The number of hydrogen-bond acceptors (Lipinski definition) is 4. The molecule has 3 rings (SSSR count). The van der Waals surface area contributed by atoms with Gasteiger partial charge in [-0.2, -0.15) is 5.10 Å². The van der Waals surface area contributed by atoms with E-state index in [9.17, 15) is 14.4 Å². The summed E-state index contributed by atoms with van der Waals surface area (Å²) in [6.45, 7) is 9.56. The van der Waals surface area contributed by atoms with E-state index in [4.69, 9.17) is 0 Å². The molecule has 0 atom stereocenters. The Kier molecular flexibility index (Phi) is 5.26. The topological polar surface area (TPSA) is 98.4 Å². The highest BCUT2D eigenvalue weighted by molar-refractivity contribution is 6.07. The van der Waals surface area contributed by atoms with Crippen molar-refractivity contribution in [3.05, 3.63) is 17.0 Å². The molecule has 2 N–H and O–H groups in total. The van der Waals surface area contributed by atoms with Crippen molar-refractivity contribution in [3.8, 4) is 0 Å². The second kappa shape index (κ2) is 7.32. The van der Waals surface area contributed by atoms with Crippen LogP contribution in [0.25, 0.3) is 0 Å². The predicted molar refractivity (Wildman–Crippen MR) is 100 cm³/mol. The lowest BCUT2D eigenvalue weighted by atomic mass is 9.85. The van der Waals surface area contributed by atoms with Crippen LogP contribution in [0.4, 0.5) is 4.79 Å². The van der Waals surface area contributed by atoms with Gasteiger partial charge in [0.05, 0.1) is 5.69 Å². The lowest BCUT2D eigenvalue weighted by Gasteiger charge is -2.42. The fourth-order valence-electron chi connectivity index (χ4n) is 4.01. The van der Waals surface area contributed by atoms with Gasteiger partial charge in [0.1, 0.15) is 5.54 Å². The quantitative estimate of drug-likeness (QED) is 0.763. The number of aryl methyl sites for hydroxylation is 2. The van der Waals surface area contributed by atoms with Crippen LogP contribution in [0.3, 0.4) is 0 Å². The molecule has 4 amide bonds. The standard InChI is InChI=1S/C19H29N5O3/c1-12(2)11-24-18(27)20-17(26)19(24)7-9-23(10-8-19)16(25)6-5-15-13(3)14(4)21-22-15/h12H,5-11H2,1-4H3,(H,21,22)(H,20,26,27). The molecule has 27 heavy (non-hydrogen) atoms. The minimum Gasteiger partial charge on any atom is -0.342 e. The maximum absolute atomic E-state index is 12.6. The third-order valence-corrected chi connectivity index (χ3v) is 5.83. The van der Waals surface area contributed by atoms with Crippen LogP contribution < -0.4 is 5.32 Å². The Morgan fingerprint density at radius 3 is 2.44 bits per heavy atom. The van der Waals surface area contributed by atoms with E-state index in [-0.39, 0.29) is 23.8 Å². The molecule has 1 aromatic heterocycles. The summed E-state index contributed by atoms with van der Waals surface area (Å²) in [6, 6.07) is -0.308. The Morgan fingerprint density at radius 2 is 1.89 bits per heavy atom. The van der Waals surface area contributed by atoms with E-state index >= 15 is 0 Å². The molecule has 8 nitrogen and oxygen atoms in total. The number of urea groups is 1. The molecule has 0 aromatic carbocycles. The minimum atomic E-state index is -0.798. The number of imide groups is 1. The van der Waals surface area contributed by atoms with Crippen LogP contribution in [-0.4, -0.2) is 63.0 Å². The van der Waals surface area contributed by atoms with Crippen LogP contribution in [0.15, 0.2) is 0 Å². The van der Waals surface area contributed by atoms with Crippen molar-refractivity contribution in [2.24, 2.45) is 5.92 Å². The van der Waals surface area contributed by atoms with Crippen molar-refractivity contribution in [2.45, 2.75) is 58.9 Å². The van der Waals surface area contributed by atoms with E-state index in [1.165, 1.54) is 0 Å². The first-order valence-corrected chi connectivity index (χ1v) is 9.66. The summed E-state index contributed by atoms with van der Waals surface area (Å²) >= 11 is 0. The molecule has 1 spiro atoms. The first-order valence-electron chi connectivity index (χ1n) is 9.66. The SMILES string of the molecule is Cc1[nH]nc(CCC(=O)N2CCC3(CC2)C(=O)NC(=O)N3CC(C)C)c1C. The fraction of sp³-hybridized carbons (Fsp3) is 0.684. The molecule has 0 bridgehead atoms. The number of nitrogens with one attached hydrogen (secondary N) is 2. The number of rotatable bonds is 5. The molecule has 0 radical (unpaired) electrons. The lowest BCUT2D eigenvalue weighted by Crippen LogP contribution is -2.58. The second-order valence-electron chi connectivity index (χ2n) is 8.10. The molecule has 1 aromatic rings. The maximum atomic E-state index is 12.6. The minimum absolute atomic E-state index is 0.0741. The molecule has 2 fully saturated rings. The first-order chi connectivity index (χ1) is 12.7. The van der Waals surface area contributed by atoms with Crippen molar-refractivity contribution in [2.75, 3.05) is 19.6 Å². The number of piperidine rings is 1. The third-order valence-electron chi connectivity index (χ3n) is 5.83. The number of carbonyl (C=O) groups excluding carboxylic acids is 3. The van der Waals surface area contributed by atoms with Gasteiger partial charge in [-0.3, -0.25) is 20.0 Å². The van der Waals surface area contributed by atoms with Gasteiger partial charge in [-0.15, -0.1) is 0 Å². The van der Waals surface area contributed by atoms with Gasteiger partial charge < -0.3 is 9.80 Å². The molecule has 2 aliphatic heterocycles. The van der Waals surface area contributed by atoms with E-state index < -0.39 is 5.54 Å². The lowest BCUT2D eigenvalue weighted by molar-refractivity contribution is -0.138. The highest BCUT2D eigenvalue weighted by atomic mass is 16.2. The van der Waals surface area contributed by atoms with E-state index in [2.05, 4.69) is 15.5 Å². The Labute approximate surface area is 159 Å². The number of aromatic amines is 1. The molecule has 0 aliphatic carbocycles. The largest absolute Gasteiger partial charge is 0.342 e. The summed E-state index contributed by atoms with van der Waals surface area (Å²) in [6.07, 6.45) is 1.99. The number of amides is 4. The van der Waals surface area contributed by atoms with Crippen molar-refractivity contribution < 1.29 is 14.4 Å². The zero-order chi connectivity index (χ0) is 19.8. The molecule has 2 saturated heterocycles. The smallest absolute Gasteiger partial charge is 0.325 e. The van der Waals surface area contributed by atoms with Crippen molar-refractivity contribution >= 4 is 17.8 Å². The van der Waals surface area contributed by atoms with Crippen molar-refractivity contribution in [1.82, 2.24) is 25.3 Å². The summed E-state index contributed by atoms with van der Waals surface area (Å²) in [7, 11) is 0. The van der Waals surface area contributed by atoms with E-state index in [0.29, 0.717) is 45.3 Å². The van der Waals surface area contributed by atoms with E-state index in [1.807, 2.05) is 32.6 Å². The number of aromatic nitrogens is 2. The average molecular weight is 375 g/mol. The van der Waals surface area contributed by atoms with Crippen molar-refractivity contribution in [3.63, 3.8) is 0 Å². The molecular weight excluding hydrogens is 346 g/mol. The summed E-state index contributed by atoms with van der Waals surface area (Å²) in [5.74, 6) is 0.131. The first kappa shape index (κ1) is 19.4. The summed E-state index contributed by atoms with van der Waals surface area (Å²) in [5.41, 5.74) is 2.26. The van der Waals surface area contributed by atoms with Gasteiger partial charge in [0.2, 0.25) is 5.91 Å². The number of hydrogen-bond donors (Lipinski definition) is 2. The average Bonchev–Trinajstić information content (AvgIpc) is 3.05.